The van der Waals surface area contributed by atoms with Crippen LogP contribution in [0.1, 0.15) is 56.6 Å². The molecule has 1 aliphatic carbocycles. The number of thioether (sulfide) groups is 1. The number of nitrogens with zero attached hydrogens (tertiary/aromatic N) is 2. The summed E-state index contributed by atoms with van der Waals surface area (Å²) in [6.07, 6.45) is 7.47. The van der Waals surface area contributed by atoms with E-state index in [0.717, 1.165) is 50.6 Å². The molecule has 0 bridgehead atoms. The summed E-state index contributed by atoms with van der Waals surface area (Å²) >= 11 is 1.51. The number of carbonyl (C=O) groups is 3. The van der Waals surface area contributed by atoms with Gasteiger partial charge in [-0.3, -0.25) is 14.5 Å². The second kappa shape index (κ2) is 10.8. The number of nitrogens with one attached hydrogen (secondary N) is 1. The molecule has 0 radical (unpaired) electrons. The van der Waals surface area contributed by atoms with E-state index in [0.29, 0.717) is 13.1 Å². The maximum atomic E-state index is 13.5. The van der Waals surface area contributed by atoms with Crippen LogP contribution in [0.15, 0.2) is 35.7 Å². The third-order valence-electron chi connectivity index (χ3n) is 7.12. The Morgan fingerprint density at radius 3 is 2.55 bits per heavy atom. The van der Waals surface area contributed by atoms with Gasteiger partial charge in [0.1, 0.15) is 5.25 Å². The Kier molecular flexibility index (Phi) is 7.78. The van der Waals surface area contributed by atoms with Crippen LogP contribution in [0.3, 0.4) is 0 Å². The highest BCUT2D eigenvalue weighted by atomic mass is 32.2. The van der Waals surface area contributed by atoms with Gasteiger partial charge in [0, 0.05) is 25.6 Å². The molecule has 2 aliphatic heterocycles. The summed E-state index contributed by atoms with van der Waals surface area (Å²) in [5.41, 5.74) is 2.26. The summed E-state index contributed by atoms with van der Waals surface area (Å²) in [5, 5.41) is 4.74. The molecule has 2 atom stereocenters. The minimum Gasteiger partial charge on any atom is -0.356 e. The van der Waals surface area contributed by atoms with E-state index in [9.17, 15) is 14.4 Å². The molecule has 1 N–H and O–H groups in total. The summed E-state index contributed by atoms with van der Waals surface area (Å²) in [4.78, 5) is 42.4. The number of hydrogen-bond acceptors (Lipinski definition) is 4. The second-order valence-corrected chi connectivity index (χ2v) is 10.6. The van der Waals surface area contributed by atoms with E-state index in [1.807, 2.05) is 23.3 Å². The number of aryl methyl sites for hydroxylation is 1. The van der Waals surface area contributed by atoms with Gasteiger partial charge in [0.05, 0.1) is 6.04 Å². The molecule has 2 unspecified atom stereocenters. The van der Waals surface area contributed by atoms with Gasteiger partial charge in [0.15, 0.2) is 0 Å². The molecule has 4 rings (SSSR count). The maximum absolute atomic E-state index is 13.5. The summed E-state index contributed by atoms with van der Waals surface area (Å²) < 4.78 is 0. The first-order valence-corrected chi connectivity index (χ1v) is 13.2. The molecule has 178 valence electrons. The van der Waals surface area contributed by atoms with Crippen molar-refractivity contribution >= 4 is 29.6 Å². The minimum atomic E-state index is -0.256. The molecule has 7 heteroatoms. The van der Waals surface area contributed by atoms with Gasteiger partial charge in [-0.15, -0.1) is 11.8 Å². The largest absolute Gasteiger partial charge is 0.356 e. The first kappa shape index (κ1) is 23.9. The lowest BCUT2D eigenvalue weighted by atomic mass is 9.81. The minimum absolute atomic E-state index is 0.0582. The number of unbranched alkanes of at least 4 members (excludes halogenated alkanes) is 1. The predicted octanol–water partition coefficient (Wildman–Crippen LogP) is 4.48. The number of fused-ring (bicyclic) bond motifs is 1. The molecule has 2 heterocycles. The zero-order chi connectivity index (χ0) is 23.4. The lowest BCUT2D eigenvalue weighted by Crippen LogP contribution is -2.62. The first-order chi connectivity index (χ1) is 16.0. The molecule has 33 heavy (non-hydrogen) atoms. The van der Waals surface area contributed by atoms with E-state index in [4.69, 9.17) is 0 Å². The van der Waals surface area contributed by atoms with Crippen LogP contribution in [0, 0.1) is 18.8 Å². The molecule has 0 spiro atoms. The molecule has 1 saturated carbocycles. The van der Waals surface area contributed by atoms with Crippen LogP contribution in [0.4, 0.5) is 4.79 Å². The highest BCUT2D eigenvalue weighted by Crippen LogP contribution is 2.37. The summed E-state index contributed by atoms with van der Waals surface area (Å²) in [6.45, 7) is 5.86. The third kappa shape index (κ3) is 5.45. The van der Waals surface area contributed by atoms with E-state index in [2.05, 4.69) is 36.5 Å². The number of urea groups is 1. The normalized spacial score (nSPS) is 27.1. The third-order valence-corrected chi connectivity index (χ3v) is 8.21. The lowest BCUT2D eigenvalue weighted by Gasteiger charge is -2.43. The Balaban J connectivity index is 1.38. The Morgan fingerprint density at radius 2 is 1.85 bits per heavy atom. The fraction of sp³-hybridized carbons (Fsp3) is 0.577. The van der Waals surface area contributed by atoms with Gasteiger partial charge < -0.3 is 10.2 Å². The van der Waals surface area contributed by atoms with Crippen molar-refractivity contribution in [1.82, 2.24) is 15.1 Å². The Hall–Kier alpha value is -2.28. The Morgan fingerprint density at radius 1 is 1.12 bits per heavy atom. The van der Waals surface area contributed by atoms with Gasteiger partial charge in [-0.1, -0.05) is 49.2 Å². The monoisotopic (exact) mass is 469 g/mol. The van der Waals surface area contributed by atoms with Crippen molar-refractivity contribution in [3.63, 3.8) is 0 Å². The predicted molar refractivity (Wildman–Crippen MR) is 132 cm³/mol. The van der Waals surface area contributed by atoms with E-state index in [1.165, 1.54) is 22.2 Å². The van der Waals surface area contributed by atoms with Crippen LogP contribution in [0.5, 0.6) is 0 Å². The van der Waals surface area contributed by atoms with Crippen LogP contribution >= 0.6 is 11.8 Å². The maximum Gasteiger partial charge on any atom is 0.327 e. The van der Waals surface area contributed by atoms with Crippen LogP contribution in [-0.4, -0.2) is 52.0 Å². The lowest BCUT2D eigenvalue weighted by molar-refractivity contribution is -0.132. The molecule has 2 fully saturated rings. The van der Waals surface area contributed by atoms with Crippen molar-refractivity contribution in [3.05, 3.63) is 46.9 Å². The van der Waals surface area contributed by atoms with Gasteiger partial charge in [-0.05, 0) is 55.9 Å². The average molecular weight is 470 g/mol. The SMILES string of the molecule is CCCCNC(=O)C1CCC(CN2C(=O)C3SC=CC3N(Cc3ccc(C)cc3)C2=O)CC1. The second-order valence-electron chi connectivity index (χ2n) is 9.58. The van der Waals surface area contributed by atoms with Crippen molar-refractivity contribution in [2.75, 3.05) is 13.1 Å². The van der Waals surface area contributed by atoms with Crippen LogP contribution in [0.25, 0.3) is 0 Å². The molecule has 1 saturated heterocycles. The molecule has 3 aliphatic rings. The fourth-order valence-electron chi connectivity index (χ4n) is 5.02. The quantitative estimate of drug-likeness (QED) is 0.570. The zero-order valence-corrected chi connectivity index (χ0v) is 20.5. The summed E-state index contributed by atoms with van der Waals surface area (Å²) in [6, 6.07) is 7.85. The topological polar surface area (TPSA) is 69.7 Å². The van der Waals surface area contributed by atoms with Crippen molar-refractivity contribution in [1.29, 1.82) is 0 Å². The molecular weight excluding hydrogens is 434 g/mol. The molecule has 1 aromatic carbocycles. The Labute approximate surface area is 201 Å². The highest BCUT2D eigenvalue weighted by Gasteiger charge is 2.47. The van der Waals surface area contributed by atoms with Crippen LogP contribution in [0.2, 0.25) is 0 Å². The number of imide groups is 1. The van der Waals surface area contributed by atoms with E-state index < -0.39 is 0 Å². The number of carbonyl (C=O) groups excluding carboxylic acids is 3. The Bertz CT molecular complexity index is 893. The number of rotatable bonds is 8. The molecular formula is C26H35N3O3S. The van der Waals surface area contributed by atoms with Crippen molar-refractivity contribution in [3.8, 4) is 0 Å². The van der Waals surface area contributed by atoms with E-state index >= 15 is 0 Å². The van der Waals surface area contributed by atoms with Gasteiger partial charge in [-0.25, -0.2) is 4.79 Å². The van der Waals surface area contributed by atoms with Crippen molar-refractivity contribution in [2.24, 2.45) is 11.8 Å². The molecule has 0 aromatic heterocycles. The zero-order valence-electron chi connectivity index (χ0n) is 19.7. The van der Waals surface area contributed by atoms with Gasteiger partial charge in [0.2, 0.25) is 11.8 Å². The van der Waals surface area contributed by atoms with Crippen LogP contribution in [-0.2, 0) is 16.1 Å². The average Bonchev–Trinajstić information content (AvgIpc) is 3.31. The summed E-state index contributed by atoms with van der Waals surface area (Å²) in [5.74, 6) is 0.407. The first-order valence-electron chi connectivity index (χ1n) is 12.2. The van der Waals surface area contributed by atoms with Crippen LogP contribution < -0.4 is 5.32 Å². The smallest absolute Gasteiger partial charge is 0.327 e. The van der Waals surface area contributed by atoms with E-state index in [1.54, 1.807) is 0 Å². The molecule has 4 amide bonds. The number of amides is 4. The van der Waals surface area contributed by atoms with Crippen molar-refractivity contribution in [2.45, 2.75) is 70.2 Å². The fourth-order valence-corrected chi connectivity index (χ4v) is 6.09. The van der Waals surface area contributed by atoms with Crippen molar-refractivity contribution < 1.29 is 14.4 Å². The van der Waals surface area contributed by atoms with Gasteiger partial charge >= 0.3 is 6.03 Å². The number of benzene rings is 1. The highest BCUT2D eigenvalue weighted by molar-refractivity contribution is 8.03. The van der Waals surface area contributed by atoms with Gasteiger partial charge in [-0.2, -0.15) is 0 Å². The molecule has 6 nitrogen and oxygen atoms in total. The number of hydrogen-bond donors (Lipinski definition) is 1. The van der Waals surface area contributed by atoms with Gasteiger partial charge in [0.25, 0.3) is 0 Å². The summed E-state index contributed by atoms with van der Waals surface area (Å²) in [7, 11) is 0. The standard InChI is InChI=1S/C26H35N3O3S/c1-3-4-14-27-24(30)21-11-9-20(10-12-21)17-29-25(31)23-22(13-15-33-23)28(26(29)32)16-19-7-5-18(2)6-8-19/h5-8,13,15,20-23H,3-4,9-12,14,16-17H2,1-2H3,(H,27,30). The van der Waals surface area contributed by atoms with E-state index in [-0.39, 0.29) is 41.0 Å². The molecule has 1 aromatic rings.